The fraction of sp³-hybridized carbons (Fsp3) is 0.304. The van der Waals surface area contributed by atoms with Gasteiger partial charge >= 0.3 is 0 Å². The number of rotatable bonds is 8. The maximum Gasteiger partial charge on any atom is 0.238 e. The minimum Gasteiger partial charge on any atom is -0.338 e. The van der Waals surface area contributed by atoms with Gasteiger partial charge in [0.25, 0.3) is 0 Å². The Morgan fingerprint density at radius 1 is 1.16 bits per heavy atom. The third-order valence-electron chi connectivity index (χ3n) is 5.77. The lowest BCUT2D eigenvalue weighted by Crippen LogP contribution is -2.42. The number of aromatic nitrogens is 2. The second-order valence-electron chi connectivity index (χ2n) is 8.85. The van der Waals surface area contributed by atoms with Gasteiger partial charge < -0.3 is 15.5 Å². The maximum atomic E-state index is 14.5. The van der Waals surface area contributed by atoms with Crippen molar-refractivity contribution >= 4 is 37.5 Å². The molecule has 1 aromatic heterocycles. The SMILES string of the molecule is CN1CCC(NS(=O)(=O)C=C2C=C(Nc3nc(Nc4cccc(S(N)(=O)=O)c4)ncc3F)C=CC2)CC1. The summed E-state index contributed by atoms with van der Waals surface area (Å²) in [6.07, 6.45) is 7.92. The molecule has 198 valence electrons. The number of halogens is 1. The molecule has 0 amide bonds. The van der Waals surface area contributed by atoms with Gasteiger partial charge in [0.15, 0.2) is 11.6 Å². The van der Waals surface area contributed by atoms with Gasteiger partial charge in [-0.15, -0.1) is 0 Å². The number of hydrogen-bond donors (Lipinski definition) is 4. The summed E-state index contributed by atoms with van der Waals surface area (Å²) in [5, 5.41) is 12.0. The van der Waals surface area contributed by atoms with E-state index in [0.717, 1.165) is 32.1 Å². The van der Waals surface area contributed by atoms with E-state index < -0.39 is 25.9 Å². The molecule has 0 unspecified atom stereocenters. The van der Waals surface area contributed by atoms with Gasteiger partial charge in [-0.2, -0.15) is 4.98 Å². The first-order valence-electron chi connectivity index (χ1n) is 11.5. The van der Waals surface area contributed by atoms with Crippen LogP contribution in [0.15, 0.2) is 70.3 Å². The summed E-state index contributed by atoms with van der Waals surface area (Å²) in [5.74, 6) is -0.869. The number of hydrogen-bond acceptors (Lipinski definition) is 9. The van der Waals surface area contributed by atoms with Gasteiger partial charge in [-0.25, -0.2) is 36.1 Å². The van der Waals surface area contributed by atoms with Crippen molar-refractivity contribution in [3.8, 4) is 0 Å². The van der Waals surface area contributed by atoms with Crippen LogP contribution < -0.4 is 20.5 Å². The highest BCUT2D eigenvalue weighted by atomic mass is 32.2. The fourth-order valence-corrected chi connectivity index (χ4v) is 5.80. The average Bonchev–Trinajstić information content (AvgIpc) is 2.82. The van der Waals surface area contributed by atoms with E-state index in [1.807, 2.05) is 7.05 Å². The quantitative estimate of drug-likeness (QED) is 0.387. The predicted octanol–water partition coefficient (Wildman–Crippen LogP) is 2.16. The van der Waals surface area contributed by atoms with Crippen molar-refractivity contribution in [3.05, 3.63) is 71.2 Å². The molecule has 4 rings (SSSR count). The Labute approximate surface area is 215 Å². The van der Waals surface area contributed by atoms with Crippen LogP contribution in [0.25, 0.3) is 0 Å². The molecule has 5 N–H and O–H groups in total. The Kier molecular flexibility index (Phi) is 8.04. The Bertz CT molecular complexity index is 1470. The van der Waals surface area contributed by atoms with Gasteiger partial charge in [0.05, 0.1) is 11.1 Å². The summed E-state index contributed by atoms with van der Waals surface area (Å²) in [6.45, 7) is 1.67. The molecule has 1 aromatic carbocycles. The lowest BCUT2D eigenvalue weighted by Gasteiger charge is -2.28. The molecular weight excluding hydrogens is 521 g/mol. The summed E-state index contributed by atoms with van der Waals surface area (Å²) >= 11 is 0. The Hall–Kier alpha value is -3.17. The Balaban J connectivity index is 1.47. The number of primary sulfonamides is 1. The number of nitrogens with zero attached hydrogens (tertiary/aromatic N) is 3. The van der Waals surface area contributed by atoms with E-state index in [1.165, 1.54) is 23.6 Å². The smallest absolute Gasteiger partial charge is 0.238 e. The van der Waals surface area contributed by atoms with E-state index in [-0.39, 0.29) is 22.7 Å². The Morgan fingerprint density at radius 2 is 1.92 bits per heavy atom. The van der Waals surface area contributed by atoms with Crippen molar-refractivity contribution in [2.75, 3.05) is 30.8 Å². The van der Waals surface area contributed by atoms with Crippen LogP contribution in [0.4, 0.5) is 21.8 Å². The number of nitrogens with one attached hydrogen (secondary N) is 3. The van der Waals surface area contributed by atoms with E-state index in [2.05, 4.69) is 30.2 Å². The fourth-order valence-electron chi connectivity index (χ4n) is 3.91. The zero-order valence-corrected chi connectivity index (χ0v) is 21.7. The molecule has 1 saturated heterocycles. The molecule has 1 aliphatic carbocycles. The van der Waals surface area contributed by atoms with Crippen molar-refractivity contribution in [3.63, 3.8) is 0 Å². The average molecular weight is 550 g/mol. The number of benzene rings is 1. The molecule has 0 atom stereocenters. The number of piperidine rings is 1. The number of anilines is 3. The van der Waals surface area contributed by atoms with Crippen molar-refractivity contribution in [2.45, 2.75) is 30.2 Å². The van der Waals surface area contributed by atoms with E-state index in [0.29, 0.717) is 23.4 Å². The topological polar surface area (TPSA) is 159 Å². The standard InChI is InChI=1S/C23H28FN7O4S2/c1-31-10-8-17(9-11-31)30-36(32,33)15-16-4-2-5-18(12-16)27-22-21(24)14-26-23(29-22)28-19-6-3-7-20(13-19)37(25,34)35/h2-3,5-7,12-15,17,30H,4,8-11H2,1H3,(H2,25,34,35)(H2,26,27,28,29). The first-order chi connectivity index (χ1) is 17.5. The molecule has 37 heavy (non-hydrogen) atoms. The molecule has 2 aromatic rings. The maximum absolute atomic E-state index is 14.5. The largest absolute Gasteiger partial charge is 0.338 e. The minimum absolute atomic E-state index is 0.0107. The van der Waals surface area contributed by atoms with Crippen molar-refractivity contribution < 1.29 is 21.2 Å². The zero-order valence-electron chi connectivity index (χ0n) is 20.1. The van der Waals surface area contributed by atoms with Crippen molar-refractivity contribution in [1.29, 1.82) is 0 Å². The lowest BCUT2D eigenvalue weighted by atomic mass is 10.1. The van der Waals surface area contributed by atoms with Crippen LogP contribution in [0.1, 0.15) is 19.3 Å². The van der Waals surface area contributed by atoms with Crippen molar-refractivity contribution in [1.82, 2.24) is 19.6 Å². The molecular formula is C23H28FN7O4S2. The number of likely N-dealkylation sites (tertiary alicyclic amines) is 1. The van der Waals surface area contributed by atoms with E-state index in [4.69, 9.17) is 5.14 Å². The molecule has 1 aliphatic heterocycles. The summed E-state index contributed by atoms with van der Waals surface area (Å²) in [7, 11) is -5.55. The molecule has 2 heterocycles. The van der Waals surface area contributed by atoms with E-state index in [9.17, 15) is 21.2 Å². The van der Waals surface area contributed by atoms with Crippen LogP contribution >= 0.6 is 0 Å². The van der Waals surface area contributed by atoms with Gasteiger partial charge in [0.2, 0.25) is 26.0 Å². The van der Waals surface area contributed by atoms with Crippen LogP contribution in [0.2, 0.25) is 0 Å². The van der Waals surface area contributed by atoms with Crippen LogP contribution in [-0.4, -0.2) is 57.9 Å². The van der Waals surface area contributed by atoms with Crippen molar-refractivity contribution in [2.24, 2.45) is 5.14 Å². The first-order valence-corrected chi connectivity index (χ1v) is 14.6. The number of sulfonamides is 2. The van der Waals surface area contributed by atoms with Gasteiger partial charge in [-0.3, -0.25) is 0 Å². The molecule has 1 fully saturated rings. The van der Waals surface area contributed by atoms with Gasteiger partial charge in [-0.05, 0) is 75.3 Å². The normalized spacial score (nSPS) is 18.6. The van der Waals surface area contributed by atoms with Crippen LogP contribution in [0, 0.1) is 5.82 Å². The van der Waals surface area contributed by atoms with Gasteiger partial charge in [0.1, 0.15) is 0 Å². The van der Waals surface area contributed by atoms with Gasteiger partial charge in [-0.1, -0.05) is 12.1 Å². The second-order valence-corrected chi connectivity index (χ2v) is 12.0. The minimum atomic E-state index is -3.90. The first kappa shape index (κ1) is 26.9. The molecule has 14 heteroatoms. The number of nitrogens with two attached hydrogens (primary N) is 1. The summed E-state index contributed by atoms with van der Waals surface area (Å²) < 4.78 is 65.7. The molecule has 0 bridgehead atoms. The van der Waals surface area contributed by atoms with Crippen LogP contribution in [-0.2, 0) is 20.0 Å². The monoisotopic (exact) mass is 549 g/mol. The van der Waals surface area contributed by atoms with Crippen LogP contribution in [0.5, 0.6) is 0 Å². The Morgan fingerprint density at radius 3 is 2.65 bits per heavy atom. The predicted molar refractivity (Wildman–Crippen MR) is 139 cm³/mol. The highest BCUT2D eigenvalue weighted by Gasteiger charge is 2.21. The summed E-state index contributed by atoms with van der Waals surface area (Å²) in [6, 6.07) is 5.61. The number of allylic oxidation sites excluding steroid dienone is 4. The third-order valence-corrected chi connectivity index (χ3v) is 7.96. The van der Waals surface area contributed by atoms with E-state index in [1.54, 1.807) is 24.3 Å². The highest BCUT2D eigenvalue weighted by Crippen LogP contribution is 2.23. The van der Waals surface area contributed by atoms with Crippen LogP contribution in [0.3, 0.4) is 0 Å². The summed E-state index contributed by atoms with van der Waals surface area (Å²) in [4.78, 5) is 10.1. The zero-order chi connectivity index (χ0) is 26.6. The molecule has 11 nitrogen and oxygen atoms in total. The third kappa shape index (κ3) is 7.66. The molecule has 0 radical (unpaired) electrons. The highest BCUT2D eigenvalue weighted by molar-refractivity contribution is 7.92. The summed E-state index contributed by atoms with van der Waals surface area (Å²) in [5.41, 5.74) is 1.30. The molecule has 0 spiro atoms. The lowest BCUT2D eigenvalue weighted by molar-refractivity contribution is 0.248. The molecule has 2 aliphatic rings. The van der Waals surface area contributed by atoms with E-state index >= 15 is 0 Å². The molecule has 0 saturated carbocycles. The van der Waals surface area contributed by atoms with Gasteiger partial charge in [0, 0.05) is 22.8 Å². The second kappa shape index (κ2) is 11.1.